The van der Waals surface area contributed by atoms with Crippen LogP contribution in [0.15, 0.2) is 36.5 Å². The number of anilines is 1. The van der Waals surface area contributed by atoms with Gasteiger partial charge in [-0.3, -0.25) is 10.1 Å². The molecule has 1 aliphatic carbocycles. The monoisotopic (exact) mass is 446 g/mol. The predicted octanol–water partition coefficient (Wildman–Crippen LogP) is 3.68. The molecule has 3 aromatic rings. The summed E-state index contributed by atoms with van der Waals surface area (Å²) in [5.41, 5.74) is 4.07. The number of hydrogen-bond donors (Lipinski definition) is 2. The van der Waals surface area contributed by atoms with Crippen LogP contribution in [0.2, 0.25) is 0 Å². The quantitative estimate of drug-likeness (QED) is 0.602. The average molecular weight is 447 g/mol. The summed E-state index contributed by atoms with van der Waals surface area (Å²) in [5, 5.41) is 12.3. The molecular weight excluding hydrogens is 412 g/mol. The van der Waals surface area contributed by atoms with Gasteiger partial charge >= 0.3 is 0 Å². The van der Waals surface area contributed by atoms with Crippen molar-refractivity contribution >= 4 is 16.6 Å². The fourth-order valence-electron chi connectivity index (χ4n) is 5.19. The number of aromatic nitrogens is 3. The fourth-order valence-corrected chi connectivity index (χ4v) is 5.19. The summed E-state index contributed by atoms with van der Waals surface area (Å²) in [4.78, 5) is 9.81. The van der Waals surface area contributed by atoms with Gasteiger partial charge in [0.1, 0.15) is 17.0 Å². The molecule has 6 rings (SSSR count). The lowest BCUT2D eigenvalue weighted by Crippen LogP contribution is -2.46. The largest absolute Gasteiger partial charge is 0.488 e. The van der Waals surface area contributed by atoms with E-state index in [0.29, 0.717) is 0 Å². The van der Waals surface area contributed by atoms with Crippen molar-refractivity contribution in [1.82, 2.24) is 25.4 Å². The lowest BCUT2D eigenvalue weighted by molar-refractivity contribution is 0.190. The van der Waals surface area contributed by atoms with Crippen LogP contribution in [0.3, 0.4) is 0 Å². The van der Waals surface area contributed by atoms with E-state index in [9.17, 15) is 0 Å². The van der Waals surface area contributed by atoms with Gasteiger partial charge in [0.05, 0.1) is 11.2 Å². The van der Waals surface area contributed by atoms with Crippen molar-refractivity contribution in [2.75, 3.05) is 50.7 Å². The number of pyridine rings is 1. The van der Waals surface area contributed by atoms with Crippen LogP contribution in [-0.2, 0) is 0 Å². The van der Waals surface area contributed by atoms with Gasteiger partial charge < -0.3 is 19.9 Å². The molecule has 2 aliphatic heterocycles. The van der Waals surface area contributed by atoms with E-state index in [4.69, 9.17) is 4.74 Å². The van der Waals surface area contributed by atoms with E-state index in [1.54, 1.807) is 0 Å². The number of nitrogens with zero attached hydrogens (tertiary/aromatic N) is 4. The van der Waals surface area contributed by atoms with Crippen molar-refractivity contribution in [1.29, 1.82) is 0 Å². The molecule has 0 unspecified atom stereocenters. The van der Waals surface area contributed by atoms with Crippen molar-refractivity contribution in [2.45, 2.75) is 38.2 Å². The maximum absolute atomic E-state index is 6.19. The highest BCUT2D eigenvalue weighted by Gasteiger charge is 2.40. The molecule has 0 amide bonds. The summed E-state index contributed by atoms with van der Waals surface area (Å²) in [6.07, 6.45) is 6.68. The number of fused-ring (bicyclic) bond motifs is 1. The van der Waals surface area contributed by atoms with Crippen molar-refractivity contribution in [3.05, 3.63) is 36.5 Å². The number of benzene rings is 1. The third-order valence-electron chi connectivity index (χ3n) is 7.54. The number of ether oxygens (including phenoxy) is 1. The zero-order valence-electron chi connectivity index (χ0n) is 19.5. The normalized spacial score (nSPS) is 21.4. The highest BCUT2D eigenvalue weighted by atomic mass is 16.5. The first kappa shape index (κ1) is 20.9. The number of rotatable bonds is 6. The maximum Gasteiger partial charge on any atom is 0.120 e. The van der Waals surface area contributed by atoms with Crippen LogP contribution in [0.25, 0.3) is 22.3 Å². The molecule has 174 valence electrons. The molecule has 0 bridgehead atoms. The first-order chi connectivity index (χ1) is 16.2. The average Bonchev–Trinajstić information content (AvgIpc) is 3.42. The summed E-state index contributed by atoms with van der Waals surface area (Å²) in [7, 11) is 0. The minimum atomic E-state index is 0.00670. The second-order valence-electron chi connectivity index (χ2n) is 10.2. The third-order valence-corrected chi connectivity index (χ3v) is 7.54. The minimum absolute atomic E-state index is 0.00670. The van der Waals surface area contributed by atoms with Gasteiger partial charge in [0.15, 0.2) is 0 Å². The zero-order valence-corrected chi connectivity index (χ0v) is 19.5. The van der Waals surface area contributed by atoms with E-state index < -0.39 is 0 Å². The number of H-pyrrole nitrogens is 1. The van der Waals surface area contributed by atoms with Gasteiger partial charge in [0.25, 0.3) is 0 Å². The van der Waals surface area contributed by atoms with Gasteiger partial charge in [-0.1, -0.05) is 0 Å². The summed E-state index contributed by atoms with van der Waals surface area (Å²) < 4.78 is 6.19. The molecule has 1 saturated carbocycles. The van der Waals surface area contributed by atoms with Crippen LogP contribution in [-0.4, -0.2) is 71.5 Å². The molecule has 3 aliphatic rings. The number of nitrogens with one attached hydrogen (secondary N) is 2. The highest BCUT2D eigenvalue weighted by molar-refractivity contribution is 5.93. The van der Waals surface area contributed by atoms with Crippen LogP contribution >= 0.6 is 0 Å². The summed E-state index contributed by atoms with van der Waals surface area (Å²) in [6.45, 7) is 10.3. The van der Waals surface area contributed by atoms with E-state index >= 15 is 0 Å². The molecule has 2 saturated heterocycles. The number of piperazine rings is 1. The van der Waals surface area contributed by atoms with E-state index in [-0.39, 0.29) is 5.60 Å². The Balaban J connectivity index is 1.16. The van der Waals surface area contributed by atoms with Gasteiger partial charge in [0, 0.05) is 63.1 Å². The Morgan fingerprint density at radius 2 is 1.88 bits per heavy atom. The van der Waals surface area contributed by atoms with Crippen LogP contribution in [0.5, 0.6) is 5.75 Å². The van der Waals surface area contributed by atoms with E-state index in [0.717, 1.165) is 73.0 Å². The first-order valence-electron chi connectivity index (χ1n) is 12.5. The molecule has 0 spiro atoms. The smallest absolute Gasteiger partial charge is 0.120 e. The topological polar surface area (TPSA) is 69.3 Å². The molecule has 0 atom stereocenters. The van der Waals surface area contributed by atoms with Gasteiger partial charge in [-0.05, 0) is 68.9 Å². The minimum Gasteiger partial charge on any atom is -0.488 e. The van der Waals surface area contributed by atoms with Gasteiger partial charge in [-0.15, -0.1) is 0 Å². The summed E-state index contributed by atoms with van der Waals surface area (Å²) >= 11 is 0. The zero-order chi connectivity index (χ0) is 22.3. The van der Waals surface area contributed by atoms with Crippen LogP contribution < -0.4 is 15.0 Å². The molecule has 1 aromatic carbocycles. The van der Waals surface area contributed by atoms with Crippen molar-refractivity contribution in [2.24, 2.45) is 5.92 Å². The van der Waals surface area contributed by atoms with Gasteiger partial charge in [0.2, 0.25) is 0 Å². The van der Waals surface area contributed by atoms with Crippen molar-refractivity contribution < 1.29 is 4.74 Å². The molecular formula is C26H34N6O. The fraction of sp³-hybridized carbons (Fsp3) is 0.538. The van der Waals surface area contributed by atoms with Gasteiger partial charge in [-0.2, -0.15) is 5.10 Å². The molecule has 33 heavy (non-hydrogen) atoms. The molecule has 2 aromatic heterocycles. The van der Waals surface area contributed by atoms with Crippen LogP contribution in [0.1, 0.15) is 32.6 Å². The predicted molar refractivity (Wildman–Crippen MR) is 132 cm³/mol. The van der Waals surface area contributed by atoms with E-state index in [1.165, 1.54) is 38.2 Å². The molecule has 7 heteroatoms. The van der Waals surface area contributed by atoms with Crippen molar-refractivity contribution in [3.8, 4) is 17.1 Å². The first-order valence-corrected chi connectivity index (χ1v) is 12.5. The lowest BCUT2D eigenvalue weighted by atomic mass is 9.95. The molecule has 7 nitrogen and oxygen atoms in total. The second kappa shape index (κ2) is 8.61. The third kappa shape index (κ3) is 4.57. The second-order valence-corrected chi connectivity index (χ2v) is 10.2. The standard InChI is InChI=1S/C26H34N6O/c1-26(7-8-26)33-21-2-3-23-22(17-21)25(30-29-23)24-16-20(4-9-28-24)32-12-5-19(6-13-32)18-31-14-10-27-11-15-31/h2-4,9,16-17,19,27H,5-8,10-15,18H2,1H3,(H,29,30). The lowest BCUT2D eigenvalue weighted by Gasteiger charge is -2.37. The Labute approximate surface area is 195 Å². The van der Waals surface area contributed by atoms with Gasteiger partial charge in [-0.25, -0.2) is 0 Å². The van der Waals surface area contributed by atoms with Crippen LogP contribution in [0.4, 0.5) is 5.69 Å². The molecule has 3 fully saturated rings. The number of aromatic amines is 1. The van der Waals surface area contributed by atoms with Crippen LogP contribution in [0, 0.1) is 5.92 Å². The van der Waals surface area contributed by atoms with E-state index in [1.807, 2.05) is 12.3 Å². The maximum atomic E-state index is 6.19. The Kier molecular flexibility index (Phi) is 5.46. The highest BCUT2D eigenvalue weighted by Crippen LogP contribution is 2.40. The Bertz CT molecular complexity index is 1110. The molecule has 2 N–H and O–H groups in total. The number of piperidine rings is 1. The van der Waals surface area contributed by atoms with Crippen molar-refractivity contribution in [3.63, 3.8) is 0 Å². The Morgan fingerprint density at radius 3 is 2.67 bits per heavy atom. The Morgan fingerprint density at radius 1 is 1.06 bits per heavy atom. The summed E-state index contributed by atoms with van der Waals surface area (Å²) in [6, 6.07) is 10.5. The summed E-state index contributed by atoms with van der Waals surface area (Å²) in [5.74, 6) is 1.72. The molecule has 4 heterocycles. The molecule has 0 radical (unpaired) electrons. The number of hydrogen-bond acceptors (Lipinski definition) is 6. The SMILES string of the molecule is CC1(Oc2ccc3[nH]nc(-c4cc(N5CCC(CN6CCNCC6)CC5)ccn4)c3c2)CC1. The Hall–Kier alpha value is -2.64. The van der Waals surface area contributed by atoms with E-state index in [2.05, 4.69) is 61.5 Å².